The highest BCUT2D eigenvalue weighted by atomic mass is 35.5. The minimum Gasteiger partial charge on any atom is -0.324 e. The van der Waals surface area contributed by atoms with Gasteiger partial charge in [0.1, 0.15) is 12.5 Å². The maximum Gasteiger partial charge on any atom is 0.416 e. The van der Waals surface area contributed by atoms with Crippen molar-refractivity contribution in [3.05, 3.63) is 64.4 Å². The van der Waals surface area contributed by atoms with Gasteiger partial charge in [0.15, 0.2) is 0 Å². The third-order valence-electron chi connectivity index (χ3n) is 4.40. The van der Waals surface area contributed by atoms with Crippen molar-refractivity contribution in [1.82, 2.24) is 4.90 Å². The highest BCUT2D eigenvalue weighted by Gasteiger charge is 2.31. The topological polar surface area (TPSA) is 40.6 Å². The zero-order valence-electron chi connectivity index (χ0n) is 14.5. The molecule has 2 amide bonds. The highest BCUT2D eigenvalue weighted by Crippen LogP contribution is 2.30. The Balaban J connectivity index is 1.94. The molecule has 28 heavy (non-hydrogen) atoms. The summed E-state index contributed by atoms with van der Waals surface area (Å²) in [6.45, 7) is 0.338. The highest BCUT2D eigenvalue weighted by molar-refractivity contribution is 6.31. The first kappa shape index (κ1) is 20.1. The summed E-state index contributed by atoms with van der Waals surface area (Å²) in [6.07, 6.45) is -3.52. The minimum atomic E-state index is -4.52. The summed E-state index contributed by atoms with van der Waals surface area (Å²) in [5, 5.41) is -0.213. The second kappa shape index (κ2) is 7.79. The van der Waals surface area contributed by atoms with Crippen LogP contribution < -0.4 is 4.90 Å². The van der Waals surface area contributed by atoms with E-state index in [9.17, 15) is 27.2 Å². The smallest absolute Gasteiger partial charge is 0.324 e. The van der Waals surface area contributed by atoms with E-state index in [0.29, 0.717) is 19.4 Å². The Morgan fingerprint density at radius 2 is 1.82 bits per heavy atom. The van der Waals surface area contributed by atoms with Gasteiger partial charge in [-0.15, -0.1) is 0 Å². The number of rotatable bonds is 4. The molecule has 1 heterocycles. The van der Waals surface area contributed by atoms with Gasteiger partial charge in [0.25, 0.3) is 5.91 Å². The summed E-state index contributed by atoms with van der Waals surface area (Å²) in [5.74, 6) is -1.45. The monoisotopic (exact) mass is 414 g/mol. The Bertz CT molecular complexity index is 900. The summed E-state index contributed by atoms with van der Waals surface area (Å²) in [5.41, 5.74) is -0.647. The van der Waals surface area contributed by atoms with E-state index in [1.54, 1.807) is 0 Å². The van der Waals surface area contributed by atoms with Gasteiger partial charge in [0.05, 0.1) is 10.6 Å². The molecule has 1 aliphatic heterocycles. The van der Waals surface area contributed by atoms with E-state index in [-0.39, 0.29) is 28.8 Å². The molecule has 0 N–H and O–H groups in total. The van der Waals surface area contributed by atoms with Gasteiger partial charge >= 0.3 is 6.18 Å². The lowest BCUT2D eigenvalue weighted by atomic mass is 10.1. The van der Waals surface area contributed by atoms with Crippen molar-refractivity contribution in [2.45, 2.75) is 19.0 Å². The Kier molecular flexibility index (Phi) is 5.60. The number of halogens is 5. The van der Waals surface area contributed by atoms with E-state index in [0.717, 1.165) is 30.3 Å². The van der Waals surface area contributed by atoms with Gasteiger partial charge in [-0.05, 0) is 48.9 Å². The van der Waals surface area contributed by atoms with Crippen molar-refractivity contribution in [2.24, 2.45) is 0 Å². The van der Waals surface area contributed by atoms with Crippen LogP contribution in [0.5, 0.6) is 0 Å². The Morgan fingerprint density at radius 3 is 2.36 bits per heavy atom. The zero-order valence-corrected chi connectivity index (χ0v) is 15.2. The van der Waals surface area contributed by atoms with Crippen LogP contribution in [0.15, 0.2) is 42.5 Å². The van der Waals surface area contributed by atoms with Gasteiger partial charge in [0.2, 0.25) is 5.91 Å². The summed E-state index contributed by atoms with van der Waals surface area (Å²) in [6, 6.07) is 7.39. The number of carbonyl (C=O) groups excluding carboxylic acids is 2. The second-order valence-electron chi connectivity index (χ2n) is 6.31. The quantitative estimate of drug-likeness (QED) is 0.679. The molecule has 148 valence electrons. The fraction of sp³-hybridized carbons (Fsp3) is 0.263. The van der Waals surface area contributed by atoms with E-state index in [1.807, 2.05) is 0 Å². The number of hydrogen-bond acceptors (Lipinski definition) is 2. The predicted molar refractivity (Wildman–Crippen MR) is 95.5 cm³/mol. The largest absolute Gasteiger partial charge is 0.416 e. The van der Waals surface area contributed by atoms with E-state index in [1.165, 1.54) is 21.9 Å². The molecule has 0 atom stereocenters. The number of likely N-dealkylation sites (tertiary alicyclic amines) is 1. The van der Waals surface area contributed by atoms with Crippen LogP contribution in [0.2, 0.25) is 5.02 Å². The average molecular weight is 415 g/mol. The maximum absolute atomic E-state index is 13.5. The molecule has 1 aliphatic rings. The Labute approximate surface area is 163 Å². The molecule has 9 heteroatoms. The molecule has 3 rings (SSSR count). The molecule has 0 aliphatic carbocycles. The van der Waals surface area contributed by atoms with Crippen molar-refractivity contribution in [1.29, 1.82) is 0 Å². The average Bonchev–Trinajstić information content (AvgIpc) is 3.05. The molecule has 2 aromatic carbocycles. The van der Waals surface area contributed by atoms with Crippen LogP contribution in [0.4, 0.5) is 23.2 Å². The lowest BCUT2D eigenvalue weighted by molar-refractivity contribution is -0.137. The fourth-order valence-corrected chi connectivity index (χ4v) is 3.07. The molecule has 1 saturated heterocycles. The Morgan fingerprint density at radius 1 is 1.14 bits per heavy atom. The summed E-state index contributed by atoms with van der Waals surface area (Å²) >= 11 is 5.81. The van der Waals surface area contributed by atoms with Crippen LogP contribution in [-0.2, 0) is 11.0 Å². The van der Waals surface area contributed by atoms with Gasteiger partial charge < -0.3 is 4.90 Å². The third-order valence-corrected chi connectivity index (χ3v) is 4.69. The molecule has 0 aromatic heterocycles. The first-order chi connectivity index (χ1) is 13.2. The molecule has 0 unspecified atom stereocenters. The lowest BCUT2D eigenvalue weighted by Crippen LogP contribution is -2.42. The molecule has 0 spiro atoms. The van der Waals surface area contributed by atoms with Crippen molar-refractivity contribution >= 4 is 29.1 Å². The summed E-state index contributed by atoms with van der Waals surface area (Å²) in [7, 11) is 0. The minimum absolute atomic E-state index is 0.0000865. The van der Waals surface area contributed by atoms with E-state index < -0.39 is 23.5 Å². The maximum atomic E-state index is 13.5. The molecule has 0 bridgehead atoms. The molecule has 4 nitrogen and oxygen atoms in total. The zero-order chi connectivity index (χ0) is 20.5. The van der Waals surface area contributed by atoms with Gasteiger partial charge in [-0.3, -0.25) is 14.5 Å². The number of carbonyl (C=O) groups is 2. The standard InChI is InChI=1S/C19H15ClF4N2O2/c20-15-10-14(7-8-16(15)21)26(11-25-9-1-2-17(25)27)18(28)12-3-5-13(6-4-12)19(22,23)24/h3-8,10H,1-2,9,11H2. The number of hydrogen-bond donors (Lipinski definition) is 0. The number of anilines is 1. The predicted octanol–water partition coefficient (Wildman–Crippen LogP) is 4.72. The van der Waals surface area contributed by atoms with Crippen LogP contribution in [0, 0.1) is 5.82 Å². The fourth-order valence-electron chi connectivity index (χ4n) is 2.90. The van der Waals surface area contributed by atoms with Crippen LogP contribution in [0.3, 0.4) is 0 Å². The third kappa shape index (κ3) is 4.27. The number of amides is 2. The van der Waals surface area contributed by atoms with Crippen LogP contribution in [0.1, 0.15) is 28.8 Å². The van der Waals surface area contributed by atoms with Crippen LogP contribution >= 0.6 is 11.6 Å². The summed E-state index contributed by atoms with van der Waals surface area (Å²) < 4.78 is 51.8. The van der Waals surface area contributed by atoms with Crippen molar-refractivity contribution in [3.63, 3.8) is 0 Å². The van der Waals surface area contributed by atoms with Gasteiger partial charge in [-0.2, -0.15) is 13.2 Å². The SMILES string of the molecule is O=C1CCCN1CN(C(=O)c1ccc(C(F)(F)F)cc1)c1ccc(F)c(Cl)c1. The van der Waals surface area contributed by atoms with Gasteiger partial charge in [0, 0.05) is 24.2 Å². The van der Waals surface area contributed by atoms with Crippen molar-refractivity contribution < 1.29 is 27.2 Å². The molecule has 1 fully saturated rings. The molecule has 2 aromatic rings. The first-order valence-corrected chi connectivity index (χ1v) is 8.76. The number of benzene rings is 2. The van der Waals surface area contributed by atoms with E-state index in [2.05, 4.69) is 0 Å². The molecular weight excluding hydrogens is 400 g/mol. The van der Waals surface area contributed by atoms with Crippen LogP contribution in [0.25, 0.3) is 0 Å². The van der Waals surface area contributed by atoms with Crippen molar-refractivity contribution in [3.8, 4) is 0 Å². The first-order valence-electron chi connectivity index (χ1n) is 8.39. The molecule has 0 radical (unpaired) electrons. The van der Waals surface area contributed by atoms with Crippen molar-refractivity contribution in [2.75, 3.05) is 18.1 Å². The van der Waals surface area contributed by atoms with E-state index >= 15 is 0 Å². The lowest BCUT2D eigenvalue weighted by Gasteiger charge is -2.28. The van der Waals surface area contributed by atoms with E-state index in [4.69, 9.17) is 11.6 Å². The number of alkyl halides is 3. The molecule has 0 saturated carbocycles. The molecular formula is C19H15ClF4N2O2. The van der Waals surface area contributed by atoms with Crippen LogP contribution in [-0.4, -0.2) is 29.9 Å². The second-order valence-corrected chi connectivity index (χ2v) is 6.72. The number of nitrogens with zero attached hydrogens (tertiary/aromatic N) is 2. The normalized spacial score (nSPS) is 14.5. The van der Waals surface area contributed by atoms with Gasteiger partial charge in [-0.25, -0.2) is 4.39 Å². The summed E-state index contributed by atoms with van der Waals surface area (Å²) in [4.78, 5) is 27.6. The van der Waals surface area contributed by atoms with Gasteiger partial charge in [-0.1, -0.05) is 11.6 Å². The Hall–Kier alpha value is -2.61.